The molecular weight excluding hydrogens is 182 g/mol. The fraction of sp³-hybridized carbons (Fsp3) is 0.571. The highest BCUT2D eigenvalue weighted by Gasteiger charge is 2.42. The summed E-state index contributed by atoms with van der Waals surface area (Å²) >= 11 is 0. The van der Waals surface area contributed by atoms with Crippen molar-refractivity contribution in [3.63, 3.8) is 0 Å². The highest BCUT2D eigenvalue weighted by Crippen LogP contribution is 2.48. The van der Waals surface area contributed by atoms with E-state index in [2.05, 4.69) is 37.3 Å². The maximum atomic E-state index is 6.18. The van der Waals surface area contributed by atoms with Gasteiger partial charge in [0.1, 0.15) is 0 Å². The van der Waals surface area contributed by atoms with Crippen molar-refractivity contribution in [1.29, 1.82) is 0 Å². The van der Waals surface area contributed by atoms with Crippen LogP contribution in [0.15, 0.2) is 30.3 Å². The molecule has 0 bridgehead atoms. The summed E-state index contributed by atoms with van der Waals surface area (Å²) in [5.41, 5.74) is 8.10. The SMILES string of the molecule is CC1(C(N)CCCc2ccccc2)CC1. The van der Waals surface area contributed by atoms with E-state index in [1.165, 1.54) is 37.7 Å². The zero-order valence-electron chi connectivity index (χ0n) is 9.58. The summed E-state index contributed by atoms with van der Waals surface area (Å²) < 4.78 is 0. The fourth-order valence-electron chi connectivity index (χ4n) is 2.09. The fourth-order valence-corrected chi connectivity index (χ4v) is 2.09. The molecule has 0 heterocycles. The van der Waals surface area contributed by atoms with Gasteiger partial charge in [0.15, 0.2) is 0 Å². The van der Waals surface area contributed by atoms with Crippen molar-refractivity contribution in [1.82, 2.24) is 0 Å². The Balaban J connectivity index is 1.71. The van der Waals surface area contributed by atoms with Crippen LogP contribution >= 0.6 is 0 Å². The molecule has 0 amide bonds. The molecule has 82 valence electrons. The third-order valence-corrected chi connectivity index (χ3v) is 3.76. The van der Waals surface area contributed by atoms with Crippen LogP contribution in [0.3, 0.4) is 0 Å². The van der Waals surface area contributed by atoms with Gasteiger partial charge in [0, 0.05) is 6.04 Å². The number of benzene rings is 1. The molecule has 1 fully saturated rings. The summed E-state index contributed by atoms with van der Waals surface area (Å²) in [5.74, 6) is 0. The molecule has 2 rings (SSSR count). The third-order valence-electron chi connectivity index (χ3n) is 3.76. The van der Waals surface area contributed by atoms with E-state index in [0.29, 0.717) is 11.5 Å². The zero-order valence-corrected chi connectivity index (χ0v) is 9.58. The van der Waals surface area contributed by atoms with Crippen LogP contribution in [-0.4, -0.2) is 6.04 Å². The Kier molecular flexibility index (Phi) is 3.11. The van der Waals surface area contributed by atoms with Gasteiger partial charge in [-0.2, -0.15) is 0 Å². The van der Waals surface area contributed by atoms with E-state index in [-0.39, 0.29) is 0 Å². The summed E-state index contributed by atoms with van der Waals surface area (Å²) in [6, 6.07) is 11.1. The molecule has 1 saturated carbocycles. The highest BCUT2D eigenvalue weighted by atomic mass is 14.7. The number of rotatable bonds is 5. The molecule has 1 aromatic carbocycles. The molecule has 0 aliphatic heterocycles. The van der Waals surface area contributed by atoms with Crippen LogP contribution in [0.5, 0.6) is 0 Å². The molecule has 0 aromatic heterocycles. The van der Waals surface area contributed by atoms with Crippen molar-refractivity contribution in [3.8, 4) is 0 Å². The van der Waals surface area contributed by atoms with Crippen molar-refractivity contribution in [3.05, 3.63) is 35.9 Å². The smallest absolute Gasteiger partial charge is 0.00930 e. The molecule has 1 heteroatoms. The number of hydrogen-bond acceptors (Lipinski definition) is 1. The molecule has 1 nitrogen and oxygen atoms in total. The van der Waals surface area contributed by atoms with Gasteiger partial charge >= 0.3 is 0 Å². The third kappa shape index (κ3) is 2.82. The van der Waals surface area contributed by atoms with Crippen LogP contribution in [0.25, 0.3) is 0 Å². The van der Waals surface area contributed by atoms with Gasteiger partial charge in [0.25, 0.3) is 0 Å². The van der Waals surface area contributed by atoms with Crippen LogP contribution in [0.2, 0.25) is 0 Å². The predicted octanol–water partition coefficient (Wildman–Crippen LogP) is 3.14. The van der Waals surface area contributed by atoms with E-state index in [4.69, 9.17) is 5.73 Å². The summed E-state index contributed by atoms with van der Waals surface area (Å²) in [6.07, 6.45) is 6.23. The largest absolute Gasteiger partial charge is 0.327 e. The maximum Gasteiger partial charge on any atom is 0.00930 e. The minimum absolute atomic E-state index is 0.418. The van der Waals surface area contributed by atoms with Crippen molar-refractivity contribution >= 4 is 0 Å². The first-order chi connectivity index (χ1) is 7.21. The van der Waals surface area contributed by atoms with Gasteiger partial charge in [-0.05, 0) is 43.1 Å². The molecule has 0 radical (unpaired) electrons. The summed E-state index contributed by atoms with van der Waals surface area (Å²) in [6.45, 7) is 2.32. The van der Waals surface area contributed by atoms with Gasteiger partial charge < -0.3 is 5.73 Å². The van der Waals surface area contributed by atoms with Crippen molar-refractivity contribution in [2.45, 2.75) is 45.1 Å². The molecule has 0 saturated heterocycles. The lowest BCUT2D eigenvalue weighted by Gasteiger charge is -2.18. The Morgan fingerprint density at radius 2 is 1.93 bits per heavy atom. The average Bonchev–Trinajstić information content (AvgIpc) is 2.99. The standard InChI is InChI=1S/C14H21N/c1-14(10-11-14)13(15)9-5-8-12-6-3-2-4-7-12/h2-4,6-7,13H,5,8-11,15H2,1H3. The quantitative estimate of drug-likeness (QED) is 0.781. The molecule has 1 aliphatic rings. The van der Waals surface area contributed by atoms with Gasteiger partial charge in [0.2, 0.25) is 0 Å². The monoisotopic (exact) mass is 203 g/mol. The number of hydrogen-bond donors (Lipinski definition) is 1. The molecule has 15 heavy (non-hydrogen) atoms. The zero-order chi connectivity index (χ0) is 10.7. The van der Waals surface area contributed by atoms with E-state index < -0.39 is 0 Å². The normalized spacial score (nSPS) is 19.9. The van der Waals surface area contributed by atoms with E-state index in [1.54, 1.807) is 0 Å². The summed E-state index contributed by atoms with van der Waals surface area (Å²) in [5, 5.41) is 0. The van der Waals surface area contributed by atoms with Crippen LogP contribution in [-0.2, 0) is 6.42 Å². The maximum absolute atomic E-state index is 6.18. The second-order valence-corrected chi connectivity index (χ2v) is 5.14. The number of nitrogens with two attached hydrogens (primary N) is 1. The van der Waals surface area contributed by atoms with Crippen molar-refractivity contribution < 1.29 is 0 Å². The lowest BCUT2D eigenvalue weighted by Crippen LogP contribution is -2.29. The topological polar surface area (TPSA) is 26.0 Å². The average molecular weight is 203 g/mol. The minimum atomic E-state index is 0.418. The summed E-state index contributed by atoms with van der Waals surface area (Å²) in [4.78, 5) is 0. The van der Waals surface area contributed by atoms with E-state index in [1.807, 2.05) is 0 Å². The molecule has 1 aromatic rings. The van der Waals surface area contributed by atoms with Crippen LogP contribution in [0.1, 0.15) is 38.2 Å². The van der Waals surface area contributed by atoms with Gasteiger partial charge in [-0.3, -0.25) is 0 Å². The van der Waals surface area contributed by atoms with Crippen molar-refractivity contribution in [2.75, 3.05) is 0 Å². The Hall–Kier alpha value is -0.820. The molecular formula is C14H21N. The van der Waals surface area contributed by atoms with Gasteiger partial charge in [-0.1, -0.05) is 37.3 Å². The second-order valence-electron chi connectivity index (χ2n) is 5.14. The van der Waals surface area contributed by atoms with Crippen LogP contribution in [0.4, 0.5) is 0 Å². The number of aryl methyl sites for hydroxylation is 1. The highest BCUT2D eigenvalue weighted by molar-refractivity contribution is 5.14. The van der Waals surface area contributed by atoms with Gasteiger partial charge in [-0.25, -0.2) is 0 Å². The molecule has 1 atom stereocenters. The lowest BCUT2D eigenvalue weighted by atomic mass is 9.94. The Labute approximate surface area is 92.7 Å². The Morgan fingerprint density at radius 3 is 2.53 bits per heavy atom. The first kappa shape index (κ1) is 10.7. The second kappa shape index (κ2) is 4.36. The van der Waals surface area contributed by atoms with E-state index >= 15 is 0 Å². The van der Waals surface area contributed by atoms with Crippen molar-refractivity contribution in [2.24, 2.45) is 11.1 Å². The predicted molar refractivity (Wildman–Crippen MR) is 64.7 cm³/mol. The Bertz CT molecular complexity index is 300. The molecule has 0 spiro atoms. The summed E-state index contributed by atoms with van der Waals surface area (Å²) in [7, 11) is 0. The molecule has 1 unspecified atom stereocenters. The van der Waals surface area contributed by atoms with Crippen LogP contribution in [0, 0.1) is 5.41 Å². The first-order valence-corrected chi connectivity index (χ1v) is 6.00. The first-order valence-electron chi connectivity index (χ1n) is 6.00. The van der Waals surface area contributed by atoms with E-state index in [9.17, 15) is 0 Å². The van der Waals surface area contributed by atoms with Gasteiger partial charge in [0.05, 0.1) is 0 Å². The van der Waals surface area contributed by atoms with Crippen LogP contribution < -0.4 is 5.73 Å². The minimum Gasteiger partial charge on any atom is -0.327 e. The molecule has 2 N–H and O–H groups in total. The molecule has 1 aliphatic carbocycles. The Morgan fingerprint density at radius 1 is 1.27 bits per heavy atom. The van der Waals surface area contributed by atoms with E-state index in [0.717, 1.165) is 0 Å². The van der Waals surface area contributed by atoms with Gasteiger partial charge in [-0.15, -0.1) is 0 Å². The lowest BCUT2D eigenvalue weighted by molar-refractivity contribution is 0.403.